The van der Waals surface area contributed by atoms with Crippen LogP contribution in [0, 0.1) is 35.4 Å². The lowest BCUT2D eigenvalue weighted by Gasteiger charge is -2.45. The summed E-state index contributed by atoms with van der Waals surface area (Å²) in [5.41, 5.74) is 3.69. The molecule has 2 fully saturated rings. The quantitative estimate of drug-likeness (QED) is 0.266. The molecule has 0 radical (unpaired) electrons. The van der Waals surface area contributed by atoms with Crippen LogP contribution in [-0.2, 0) is 19.3 Å². The van der Waals surface area contributed by atoms with E-state index >= 15 is 0 Å². The predicted octanol–water partition coefficient (Wildman–Crippen LogP) is 9.24. The van der Waals surface area contributed by atoms with Crippen molar-refractivity contribution in [1.82, 2.24) is 0 Å². The van der Waals surface area contributed by atoms with E-state index in [4.69, 9.17) is 0 Å². The second kappa shape index (κ2) is 11.8. The summed E-state index contributed by atoms with van der Waals surface area (Å²) in [6.45, 7) is 4.35. The number of unbranched alkanes of at least 4 members (excludes halogenated alkanes) is 3. The Morgan fingerprint density at radius 3 is 2.47 bits per heavy atom. The monoisotopic (exact) mass is 438 g/mol. The van der Waals surface area contributed by atoms with Crippen molar-refractivity contribution in [2.24, 2.45) is 29.6 Å². The Kier molecular flexibility index (Phi) is 8.90. The van der Waals surface area contributed by atoms with Gasteiger partial charge in [0.05, 0.1) is 0 Å². The van der Waals surface area contributed by atoms with Crippen LogP contribution < -0.4 is 0 Å². The number of benzene rings is 1. The van der Waals surface area contributed by atoms with Crippen molar-refractivity contribution in [2.75, 3.05) is 0 Å². The van der Waals surface area contributed by atoms with Crippen LogP contribution in [-0.4, -0.2) is 0 Å². The van der Waals surface area contributed by atoms with Gasteiger partial charge in [0.1, 0.15) is 5.82 Å². The lowest BCUT2D eigenvalue weighted by molar-refractivity contribution is 0.0689. The van der Waals surface area contributed by atoms with Gasteiger partial charge in [0, 0.05) is 0 Å². The summed E-state index contributed by atoms with van der Waals surface area (Å²) in [6, 6.07) is 4.10. The maximum Gasteiger partial charge on any atom is 0.126 e. The van der Waals surface area contributed by atoms with Crippen LogP contribution >= 0.6 is 0 Å². The van der Waals surface area contributed by atoms with Crippen LogP contribution in [0.2, 0.25) is 0 Å². The molecule has 0 N–H and O–H groups in total. The third-order valence-corrected chi connectivity index (χ3v) is 9.35. The summed E-state index contributed by atoms with van der Waals surface area (Å²) in [6.07, 6.45) is 25.7. The number of hydrogen-bond acceptors (Lipinski definition) is 0. The summed E-state index contributed by atoms with van der Waals surface area (Å²) in [4.78, 5) is 0. The Hall–Kier alpha value is -1.11. The minimum atomic E-state index is 0.0369. The fraction of sp³-hybridized carbons (Fsp3) is 0.742. The number of allylic oxidation sites excluding steroid dienone is 2. The molecule has 1 aromatic carbocycles. The van der Waals surface area contributed by atoms with E-state index in [0.29, 0.717) is 0 Å². The van der Waals surface area contributed by atoms with Crippen LogP contribution in [0.4, 0.5) is 4.39 Å². The van der Waals surface area contributed by atoms with Gasteiger partial charge in [0.15, 0.2) is 0 Å². The maximum absolute atomic E-state index is 14.7. The van der Waals surface area contributed by atoms with Crippen LogP contribution in [0.1, 0.15) is 114 Å². The van der Waals surface area contributed by atoms with Gasteiger partial charge < -0.3 is 0 Å². The smallest absolute Gasteiger partial charge is 0.126 e. The zero-order valence-corrected chi connectivity index (χ0v) is 20.9. The molecule has 0 saturated heterocycles. The van der Waals surface area contributed by atoms with Crippen molar-refractivity contribution in [3.63, 3.8) is 0 Å². The molecule has 5 atom stereocenters. The second-order valence-electron chi connectivity index (χ2n) is 11.4. The molecule has 3 aliphatic rings. The highest BCUT2D eigenvalue weighted by molar-refractivity contribution is 5.35. The molecule has 2 saturated carbocycles. The second-order valence-corrected chi connectivity index (χ2v) is 11.4. The largest absolute Gasteiger partial charge is 0.207 e. The summed E-state index contributed by atoms with van der Waals surface area (Å²) in [7, 11) is 0. The predicted molar refractivity (Wildman–Crippen MR) is 135 cm³/mol. The average molecular weight is 439 g/mol. The summed E-state index contributed by atoms with van der Waals surface area (Å²) in [5.74, 6) is 4.76. The fourth-order valence-electron chi connectivity index (χ4n) is 7.43. The molecule has 0 aromatic heterocycles. The standard InChI is InChI=1S/C31H47F/c1-3-5-7-9-10-23-12-13-25-19-26(15-14-24(25)18-23)27-16-17-28-20-29(11-8-6-4-2)31(32)22-30(28)21-27/h4,6,20,22-27H,3,5,7-19,21H2,1-2H3/b6-4+. The van der Waals surface area contributed by atoms with E-state index in [9.17, 15) is 4.39 Å². The van der Waals surface area contributed by atoms with Crippen LogP contribution in [0.15, 0.2) is 24.3 Å². The minimum absolute atomic E-state index is 0.0369. The van der Waals surface area contributed by atoms with Crippen molar-refractivity contribution in [1.29, 1.82) is 0 Å². The molecular formula is C31H47F. The zero-order chi connectivity index (χ0) is 22.3. The van der Waals surface area contributed by atoms with Gasteiger partial charge in [0.2, 0.25) is 0 Å². The van der Waals surface area contributed by atoms with Gasteiger partial charge in [-0.3, -0.25) is 0 Å². The lowest BCUT2D eigenvalue weighted by atomic mass is 9.60. The molecule has 5 unspecified atom stereocenters. The first-order valence-corrected chi connectivity index (χ1v) is 14.1. The molecule has 0 amide bonds. The maximum atomic E-state index is 14.7. The van der Waals surface area contributed by atoms with Gasteiger partial charge in [-0.25, -0.2) is 4.39 Å². The van der Waals surface area contributed by atoms with Crippen LogP contribution in [0.5, 0.6) is 0 Å². The molecule has 0 aliphatic heterocycles. The minimum Gasteiger partial charge on any atom is -0.207 e. The lowest BCUT2D eigenvalue weighted by Crippen LogP contribution is -2.35. The molecule has 0 heterocycles. The molecule has 178 valence electrons. The SMILES string of the molecule is C/C=C/CCc1cc2c(cc1F)CC(C1CCC3CC(CCCCCC)CCC3C1)CC2. The van der Waals surface area contributed by atoms with Gasteiger partial charge in [-0.1, -0.05) is 63.7 Å². The van der Waals surface area contributed by atoms with E-state index in [-0.39, 0.29) is 5.82 Å². The highest BCUT2D eigenvalue weighted by Gasteiger charge is 2.38. The van der Waals surface area contributed by atoms with E-state index in [1.54, 1.807) is 0 Å². The third-order valence-electron chi connectivity index (χ3n) is 9.35. The molecule has 0 nitrogen and oxygen atoms in total. The van der Waals surface area contributed by atoms with E-state index in [1.165, 1.54) is 94.6 Å². The van der Waals surface area contributed by atoms with Crippen molar-refractivity contribution in [2.45, 2.75) is 117 Å². The topological polar surface area (TPSA) is 0 Å². The molecular weight excluding hydrogens is 391 g/mol. The molecule has 3 aliphatic carbocycles. The van der Waals surface area contributed by atoms with Gasteiger partial charge in [-0.05, 0) is 123 Å². The summed E-state index contributed by atoms with van der Waals surface area (Å²) >= 11 is 0. The Labute approximate surface area is 197 Å². The number of fused-ring (bicyclic) bond motifs is 2. The first-order valence-electron chi connectivity index (χ1n) is 14.1. The Bertz CT molecular complexity index is 747. The third kappa shape index (κ3) is 6.06. The van der Waals surface area contributed by atoms with Gasteiger partial charge in [-0.2, -0.15) is 0 Å². The number of aryl methyl sites for hydroxylation is 2. The zero-order valence-electron chi connectivity index (χ0n) is 20.9. The number of rotatable bonds is 9. The molecule has 1 heteroatoms. The highest BCUT2D eigenvalue weighted by atomic mass is 19.1. The van der Waals surface area contributed by atoms with Gasteiger partial charge >= 0.3 is 0 Å². The Balaban J connectivity index is 1.28. The molecule has 32 heavy (non-hydrogen) atoms. The van der Waals surface area contributed by atoms with Crippen LogP contribution in [0.25, 0.3) is 0 Å². The van der Waals surface area contributed by atoms with E-state index in [2.05, 4.69) is 25.1 Å². The number of hydrogen-bond donors (Lipinski definition) is 0. The number of halogens is 1. The van der Waals surface area contributed by atoms with Crippen molar-refractivity contribution < 1.29 is 4.39 Å². The average Bonchev–Trinajstić information content (AvgIpc) is 2.81. The van der Waals surface area contributed by atoms with Gasteiger partial charge in [-0.15, -0.1) is 0 Å². The van der Waals surface area contributed by atoms with Crippen molar-refractivity contribution in [3.05, 3.63) is 46.8 Å². The molecule has 0 bridgehead atoms. The van der Waals surface area contributed by atoms with Crippen LogP contribution in [0.3, 0.4) is 0 Å². The normalized spacial score (nSPS) is 30.3. The van der Waals surface area contributed by atoms with Gasteiger partial charge in [0.25, 0.3) is 0 Å². The Morgan fingerprint density at radius 1 is 0.875 bits per heavy atom. The Morgan fingerprint density at radius 2 is 1.66 bits per heavy atom. The summed E-state index contributed by atoms with van der Waals surface area (Å²) in [5, 5.41) is 0. The van der Waals surface area contributed by atoms with E-state index in [0.717, 1.165) is 54.4 Å². The first kappa shape index (κ1) is 24.0. The van der Waals surface area contributed by atoms with Crippen molar-refractivity contribution >= 4 is 0 Å². The van der Waals surface area contributed by atoms with E-state index < -0.39 is 0 Å². The highest BCUT2D eigenvalue weighted by Crippen LogP contribution is 2.49. The molecule has 0 spiro atoms. The molecule has 4 rings (SSSR count). The molecule has 1 aromatic rings. The summed E-state index contributed by atoms with van der Waals surface area (Å²) < 4.78 is 14.7. The fourth-order valence-corrected chi connectivity index (χ4v) is 7.43. The van der Waals surface area contributed by atoms with E-state index in [1.807, 2.05) is 13.0 Å². The van der Waals surface area contributed by atoms with Crippen molar-refractivity contribution in [3.8, 4) is 0 Å². The first-order chi connectivity index (χ1) is 15.7.